The van der Waals surface area contributed by atoms with Gasteiger partial charge in [0, 0.05) is 5.02 Å². The topological polar surface area (TPSA) is 50.9 Å². The first-order chi connectivity index (χ1) is 10.3. The standard InChI is InChI=1S/C17H24ClN3O/c1-12(13-7-5-6-8-14(13)18)9-15(16(22)17(2,3)4)21-11-19-10-20-21/h5-8,10-12,15-16,22H,9H2,1-4H3. The van der Waals surface area contributed by atoms with Gasteiger partial charge in [-0.25, -0.2) is 9.67 Å². The molecule has 0 aliphatic carbocycles. The first-order valence-electron chi connectivity index (χ1n) is 7.57. The average molecular weight is 322 g/mol. The molecular formula is C17H24ClN3O. The Labute approximate surface area is 137 Å². The lowest BCUT2D eigenvalue weighted by Crippen LogP contribution is -2.36. The number of hydrogen-bond donors (Lipinski definition) is 1. The molecule has 1 aromatic carbocycles. The van der Waals surface area contributed by atoms with Crippen LogP contribution in [0.5, 0.6) is 0 Å². The van der Waals surface area contributed by atoms with Crippen LogP contribution in [-0.4, -0.2) is 26.0 Å². The highest BCUT2D eigenvalue weighted by molar-refractivity contribution is 6.31. The Morgan fingerprint density at radius 3 is 2.50 bits per heavy atom. The zero-order valence-corrected chi connectivity index (χ0v) is 14.3. The Morgan fingerprint density at radius 2 is 1.95 bits per heavy atom. The summed E-state index contributed by atoms with van der Waals surface area (Å²) in [4.78, 5) is 4.02. The summed E-state index contributed by atoms with van der Waals surface area (Å²) in [6, 6.07) is 7.71. The van der Waals surface area contributed by atoms with E-state index in [9.17, 15) is 5.11 Å². The van der Waals surface area contributed by atoms with Crippen molar-refractivity contribution in [2.75, 3.05) is 0 Å². The van der Waals surface area contributed by atoms with Crippen LogP contribution in [0.25, 0.3) is 0 Å². The lowest BCUT2D eigenvalue weighted by Gasteiger charge is -2.34. The Bertz CT molecular complexity index is 592. The maximum atomic E-state index is 10.8. The molecule has 1 heterocycles. The summed E-state index contributed by atoms with van der Waals surface area (Å²) in [5, 5.41) is 15.8. The summed E-state index contributed by atoms with van der Waals surface area (Å²) in [6.45, 7) is 8.21. The fourth-order valence-corrected chi connectivity index (χ4v) is 3.03. The molecule has 0 aliphatic heterocycles. The van der Waals surface area contributed by atoms with E-state index in [0.29, 0.717) is 0 Å². The molecule has 0 saturated heterocycles. The molecule has 1 aromatic heterocycles. The van der Waals surface area contributed by atoms with Crippen LogP contribution in [0.15, 0.2) is 36.9 Å². The zero-order valence-electron chi connectivity index (χ0n) is 13.6. The van der Waals surface area contributed by atoms with Crippen LogP contribution >= 0.6 is 11.6 Å². The fraction of sp³-hybridized carbons (Fsp3) is 0.529. The molecule has 0 radical (unpaired) electrons. The van der Waals surface area contributed by atoms with Crippen molar-refractivity contribution in [2.45, 2.75) is 52.2 Å². The van der Waals surface area contributed by atoms with E-state index in [1.807, 2.05) is 45.0 Å². The van der Waals surface area contributed by atoms with Crippen LogP contribution in [0.3, 0.4) is 0 Å². The second-order valence-corrected chi connectivity index (χ2v) is 7.32. The summed E-state index contributed by atoms with van der Waals surface area (Å²) in [6.07, 6.45) is 3.38. The zero-order chi connectivity index (χ0) is 16.3. The van der Waals surface area contributed by atoms with Crippen molar-refractivity contribution >= 4 is 11.6 Å². The van der Waals surface area contributed by atoms with Gasteiger partial charge in [-0.1, -0.05) is 57.5 Å². The Balaban J connectivity index is 2.26. The van der Waals surface area contributed by atoms with E-state index in [-0.39, 0.29) is 17.4 Å². The number of aromatic nitrogens is 3. The van der Waals surface area contributed by atoms with Gasteiger partial charge in [-0.05, 0) is 29.4 Å². The van der Waals surface area contributed by atoms with Crippen LogP contribution in [-0.2, 0) is 0 Å². The van der Waals surface area contributed by atoms with Crippen molar-refractivity contribution in [3.63, 3.8) is 0 Å². The molecule has 0 aliphatic rings. The molecule has 1 N–H and O–H groups in total. The Kier molecular flexibility index (Phi) is 5.24. The van der Waals surface area contributed by atoms with Gasteiger partial charge in [0.2, 0.25) is 0 Å². The average Bonchev–Trinajstić information content (AvgIpc) is 2.97. The van der Waals surface area contributed by atoms with Gasteiger partial charge in [0.1, 0.15) is 12.7 Å². The molecule has 0 amide bonds. The second kappa shape index (κ2) is 6.80. The molecule has 5 heteroatoms. The van der Waals surface area contributed by atoms with Crippen LogP contribution in [0.2, 0.25) is 5.02 Å². The van der Waals surface area contributed by atoms with E-state index in [4.69, 9.17) is 11.6 Å². The number of aliphatic hydroxyl groups is 1. The maximum absolute atomic E-state index is 10.8. The van der Waals surface area contributed by atoms with Gasteiger partial charge < -0.3 is 5.11 Å². The minimum atomic E-state index is -0.529. The second-order valence-electron chi connectivity index (χ2n) is 6.91. The quantitative estimate of drug-likeness (QED) is 0.903. The van der Waals surface area contributed by atoms with Gasteiger partial charge >= 0.3 is 0 Å². The van der Waals surface area contributed by atoms with Crippen molar-refractivity contribution in [1.82, 2.24) is 14.8 Å². The number of rotatable bonds is 5. The van der Waals surface area contributed by atoms with E-state index < -0.39 is 6.10 Å². The van der Waals surface area contributed by atoms with E-state index in [0.717, 1.165) is 17.0 Å². The molecule has 0 fully saturated rings. The largest absolute Gasteiger partial charge is 0.390 e. The highest BCUT2D eigenvalue weighted by Crippen LogP contribution is 2.36. The molecule has 0 bridgehead atoms. The molecule has 120 valence electrons. The van der Waals surface area contributed by atoms with Crippen molar-refractivity contribution in [3.8, 4) is 0 Å². The lowest BCUT2D eigenvalue weighted by molar-refractivity contribution is 0.00736. The predicted octanol–water partition coefficient (Wildman–Crippen LogP) is 4.07. The summed E-state index contributed by atoms with van der Waals surface area (Å²) in [5.74, 6) is 0.208. The summed E-state index contributed by atoms with van der Waals surface area (Å²) in [7, 11) is 0. The number of halogens is 1. The smallest absolute Gasteiger partial charge is 0.137 e. The van der Waals surface area contributed by atoms with Crippen LogP contribution in [0.4, 0.5) is 0 Å². The van der Waals surface area contributed by atoms with Crippen molar-refractivity contribution in [2.24, 2.45) is 5.41 Å². The van der Waals surface area contributed by atoms with Gasteiger partial charge in [0.05, 0.1) is 12.1 Å². The number of aliphatic hydroxyl groups excluding tert-OH is 1. The third-order valence-corrected chi connectivity index (χ3v) is 4.40. The van der Waals surface area contributed by atoms with Gasteiger partial charge in [-0.2, -0.15) is 5.10 Å². The lowest BCUT2D eigenvalue weighted by atomic mass is 9.80. The SMILES string of the molecule is CC(CC(C(O)C(C)(C)C)n1cncn1)c1ccccc1Cl. The van der Waals surface area contributed by atoms with Crippen LogP contribution in [0, 0.1) is 5.41 Å². The van der Waals surface area contributed by atoms with E-state index in [2.05, 4.69) is 17.0 Å². The summed E-state index contributed by atoms with van der Waals surface area (Å²) < 4.78 is 1.75. The molecular weight excluding hydrogens is 298 g/mol. The van der Waals surface area contributed by atoms with E-state index in [1.54, 1.807) is 11.0 Å². The Hall–Kier alpha value is -1.39. The maximum Gasteiger partial charge on any atom is 0.137 e. The van der Waals surface area contributed by atoms with Crippen molar-refractivity contribution in [1.29, 1.82) is 0 Å². The minimum Gasteiger partial charge on any atom is -0.390 e. The number of hydrogen-bond acceptors (Lipinski definition) is 3. The minimum absolute atomic E-state index is 0.145. The highest BCUT2D eigenvalue weighted by Gasteiger charge is 2.33. The normalized spacial score (nSPS) is 16.3. The van der Waals surface area contributed by atoms with Gasteiger partial charge in [-0.3, -0.25) is 0 Å². The third-order valence-electron chi connectivity index (χ3n) is 4.06. The molecule has 4 nitrogen and oxygen atoms in total. The van der Waals surface area contributed by atoms with Crippen molar-refractivity contribution < 1.29 is 5.11 Å². The van der Waals surface area contributed by atoms with Crippen molar-refractivity contribution in [3.05, 3.63) is 47.5 Å². The third kappa shape index (κ3) is 3.87. The first kappa shape index (κ1) is 17.0. The predicted molar refractivity (Wildman–Crippen MR) is 89.0 cm³/mol. The van der Waals surface area contributed by atoms with Gasteiger partial charge in [0.15, 0.2) is 0 Å². The van der Waals surface area contributed by atoms with E-state index in [1.165, 1.54) is 6.33 Å². The molecule has 2 rings (SSSR count). The molecule has 3 atom stereocenters. The summed E-state index contributed by atoms with van der Waals surface area (Å²) in [5.41, 5.74) is 0.854. The molecule has 0 spiro atoms. The highest BCUT2D eigenvalue weighted by atomic mass is 35.5. The molecule has 22 heavy (non-hydrogen) atoms. The molecule has 3 unspecified atom stereocenters. The van der Waals surface area contributed by atoms with E-state index >= 15 is 0 Å². The number of benzene rings is 1. The van der Waals surface area contributed by atoms with Gasteiger partial charge in [-0.15, -0.1) is 0 Å². The monoisotopic (exact) mass is 321 g/mol. The van der Waals surface area contributed by atoms with Crippen LogP contribution < -0.4 is 0 Å². The Morgan fingerprint density at radius 1 is 1.27 bits per heavy atom. The number of nitrogens with zero attached hydrogens (tertiary/aromatic N) is 3. The van der Waals surface area contributed by atoms with Crippen LogP contribution in [0.1, 0.15) is 51.6 Å². The molecule has 2 aromatic rings. The fourth-order valence-electron chi connectivity index (χ4n) is 2.71. The van der Waals surface area contributed by atoms with Gasteiger partial charge in [0.25, 0.3) is 0 Å². The molecule has 0 saturated carbocycles. The first-order valence-corrected chi connectivity index (χ1v) is 7.95. The summed E-state index contributed by atoms with van der Waals surface area (Å²) >= 11 is 6.30.